The number of ether oxygens (including phenoxy) is 3. The van der Waals surface area contributed by atoms with Crippen LogP contribution in [0.15, 0.2) is 0 Å². The summed E-state index contributed by atoms with van der Waals surface area (Å²) >= 11 is 0. The van der Waals surface area contributed by atoms with Gasteiger partial charge in [0.1, 0.15) is 0 Å². The molecule has 0 amide bonds. The topological polar surface area (TPSA) is 61.8 Å². The molecule has 0 bridgehead atoms. The van der Waals surface area contributed by atoms with Crippen LogP contribution in [0.2, 0.25) is 0 Å². The van der Waals surface area contributed by atoms with E-state index in [-0.39, 0.29) is 26.8 Å². The lowest BCUT2D eigenvalue weighted by Gasteiger charge is -2.56. The number of hydrogen-bond acceptors (Lipinski definition) is 5. The Labute approximate surface area is 188 Å². The molecule has 0 aromatic carbocycles. The number of esters is 2. The lowest BCUT2D eigenvalue weighted by atomic mass is 9.49. The van der Waals surface area contributed by atoms with Gasteiger partial charge in [0.05, 0.1) is 14.2 Å². The van der Waals surface area contributed by atoms with E-state index < -0.39 is 0 Å². The highest BCUT2D eigenvalue weighted by Gasteiger charge is 2.49. The Morgan fingerprint density at radius 1 is 0.633 bits per heavy atom. The van der Waals surface area contributed by atoms with Crippen LogP contribution in [0.25, 0.3) is 0 Å². The van der Waals surface area contributed by atoms with Crippen LogP contribution in [0.1, 0.15) is 94.9 Å². The minimum atomic E-state index is -0.245. The van der Waals surface area contributed by atoms with E-state index in [4.69, 9.17) is 0 Å². The van der Waals surface area contributed by atoms with E-state index in [0.29, 0.717) is 0 Å². The average Bonchev–Trinajstić information content (AvgIpc) is 2.53. The van der Waals surface area contributed by atoms with Crippen molar-refractivity contribution in [2.75, 3.05) is 28.4 Å². The quantitative estimate of drug-likeness (QED) is 0.393. The molecule has 5 heteroatoms. The number of hydrogen-bond donors (Lipinski definition) is 0. The molecule has 184 valence electrons. The first-order valence-electron chi connectivity index (χ1n) is 10.4. The maximum Gasteiger partial charge on any atom is 0.302 e. The number of carbonyl (C=O) groups excluding carboxylic acids is 2. The largest absolute Gasteiger partial charge is 0.469 e. The molecule has 0 radical (unpaired) electrons. The zero-order chi connectivity index (χ0) is 22.3. The molecule has 0 N–H and O–H groups in total. The first-order chi connectivity index (χ1) is 12.9. The van der Waals surface area contributed by atoms with Crippen molar-refractivity contribution in [2.45, 2.75) is 94.9 Å². The van der Waals surface area contributed by atoms with Gasteiger partial charge in [-0.15, -0.1) is 0 Å². The summed E-state index contributed by atoms with van der Waals surface area (Å²) in [4.78, 5) is 19.2. The number of methoxy groups -OCH3 is 3. The Morgan fingerprint density at radius 2 is 0.833 bits per heavy atom. The van der Waals surface area contributed by atoms with Crippen molar-refractivity contribution in [1.82, 2.24) is 0 Å². The van der Waals surface area contributed by atoms with Crippen LogP contribution < -0.4 is 0 Å². The van der Waals surface area contributed by atoms with Gasteiger partial charge in [0.2, 0.25) is 0 Å². The molecule has 5 nitrogen and oxygen atoms in total. The second kappa shape index (κ2) is 19.8. The molecule has 0 aliphatic heterocycles. The van der Waals surface area contributed by atoms with E-state index in [1.807, 2.05) is 0 Å². The fourth-order valence-corrected chi connectivity index (χ4v) is 4.48. The van der Waals surface area contributed by atoms with Gasteiger partial charge in [-0.1, -0.05) is 42.5 Å². The van der Waals surface area contributed by atoms with Gasteiger partial charge >= 0.3 is 11.9 Å². The zero-order valence-corrected chi connectivity index (χ0v) is 20.1. The van der Waals surface area contributed by atoms with Crippen molar-refractivity contribution in [3.8, 4) is 0 Å². The van der Waals surface area contributed by atoms with Crippen LogP contribution in [0, 0.1) is 29.1 Å². The van der Waals surface area contributed by atoms with Crippen molar-refractivity contribution in [3.05, 3.63) is 0 Å². The smallest absolute Gasteiger partial charge is 0.302 e. The Bertz CT molecular complexity index is 364. The molecule has 0 atom stereocenters. The van der Waals surface area contributed by atoms with E-state index in [1.165, 1.54) is 66.6 Å². The minimum Gasteiger partial charge on any atom is -0.469 e. The SMILES string of the molecule is C.C.CC1CC(C)C1.CC1CC2(C1)CC(C)C2.COC.COC(C)=O.COC(C)=O. The third-order valence-corrected chi connectivity index (χ3v) is 5.31. The molecule has 3 rings (SSSR count). The lowest BCUT2D eigenvalue weighted by Crippen LogP contribution is -2.45. The molecule has 0 aromatic heterocycles. The molecule has 3 aliphatic rings. The molecule has 30 heavy (non-hydrogen) atoms. The summed E-state index contributed by atoms with van der Waals surface area (Å²) in [5, 5.41) is 0. The highest BCUT2D eigenvalue weighted by molar-refractivity contribution is 5.65. The average molecular weight is 435 g/mol. The van der Waals surface area contributed by atoms with E-state index in [0.717, 1.165) is 29.1 Å². The first kappa shape index (κ1) is 36.3. The van der Waals surface area contributed by atoms with Gasteiger partial charge in [-0.25, -0.2) is 0 Å². The Kier molecular flexibility index (Phi) is 24.0. The fraction of sp³-hybridized carbons (Fsp3) is 0.920. The van der Waals surface area contributed by atoms with Crippen molar-refractivity contribution in [3.63, 3.8) is 0 Å². The van der Waals surface area contributed by atoms with Crippen molar-refractivity contribution in [2.24, 2.45) is 29.1 Å². The summed E-state index contributed by atoms with van der Waals surface area (Å²) in [6.45, 7) is 12.1. The van der Waals surface area contributed by atoms with Crippen LogP contribution in [0.3, 0.4) is 0 Å². The van der Waals surface area contributed by atoms with Crippen LogP contribution in [0.5, 0.6) is 0 Å². The molecule has 1 spiro atoms. The summed E-state index contributed by atoms with van der Waals surface area (Å²) in [7, 11) is 5.95. The molecule has 0 heterocycles. The van der Waals surface area contributed by atoms with E-state index in [1.54, 1.807) is 14.2 Å². The molecular weight excluding hydrogens is 380 g/mol. The van der Waals surface area contributed by atoms with Gasteiger partial charge in [-0.3, -0.25) is 9.59 Å². The second-order valence-electron chi connectivity index (χ2n) is 9.01. The van der Waals surface area contributed by atoms with Gasteiger partial charge in [-0.2, -0.15) is 0 Å². The van der Waals surface area contributed by atoms with Gasteiger partial charge in [0.15, 0.2) is 0 Å². The zero-order valence-electron chi connectivity index (χ0n) is 20.1. The summed E-state index contributed by atoms with van der Waals surface area (Å²) in [5.74, 6) is 3.70. The molecule has 0 saturated heterocycles. The normalized spacial score (nSPS) is 28.9. The number of carbonyl (C=O) groups is 2. The third kappa shape index (κ3) is 18.9. The second-order valence-corrected chi connectivity index (χ2v) is 9.01. The Balaban J connectivity index is -0.000000146. The predicted molar refractivity (Wildman–Crippen MR) is 129 cm³/mol. The molecule has 3 saturated carbocycles. The van der Waals surface area contributed by atoms with E-state index in [2.05, 4.69) is 41.9 Å². The monoisotopic (exact) mass is 434 g/mol. The maximum absolute atomic E-state index is 9.59. The minimum absolute atomic E-state index is 0. The lowest BCUT2D eigenvalue weighted by molar-refractivity contribution is -0.138. The van der Waals surface area contributed by atoms with Crippen molar-refractivity contribution < 1.29 is 23.8 Å². The van der Waals surface area contributed by atoms with Crippen molar-refractivity contribution in [1.29, 1.82) is 0 Å². The van der Waals surface area contributed by atoms with Crippen LogP contribution >= 0.6 is 0 Å². The van der Waals surface area contributed by atoms with Crippen LogP contribution in [0.4, 0.5) is 0 Å². The van der Waals surface area contributed by atoms with Gasteiger partial charge in [0.25, 0.3) is 0 Å². The summed E-state index contributed by atoms with van der Waals surface area (Å²) in [5.41, 5.74) is 0.888. The standard InChI is InChI=1S/C9H16.C6H12.2C3H6O2.C2H6O.2CH4/c1-7-3-9(4-7)5-8(2)6-9;1-5-3-6(2)4-5;2*1-3(4)5-2;1-3-2;;/h7-8H,3-6H2,1-2H3;5-6H,3-4H2,1-2H3;2*1-2H3;1-2H3;2*1H4. The molecule has 3 fully saturated rings. The fourth-order valence-electron chi connectivity index (χ4n) is 4.48. The molecule has 0 unspecified atom stereocenters. The van der Waals surface area contributed by atoms with E-state index in [9.17, 15) is 9.59 Å². The highest BCUT2D eigenvalue weighted by atomic mass is 16.5. The first-order valence-corrected chi connectivity index (χ1v) is 10.4. The number of rotatable bonds is 0. The maximum atomic E-state index is 9.59. The van der Waals surface area contributed by atoms with Gasteiger partial charge in [-0.05, 0) is 67.6 Å². The van der Waals surface area contributed by atoms with Crippen LogP contribution in [-0.2, 0) is 23.8 Å². The molecule has 3 aliphatic carbocycles. The summed E-state index contributed by atoms with van der Waals surface area (Å²) < 4.78 is 12.5. The van der Waals surface area contributed by atoms with Crippen LogP contribution in [-0.4, -0.2) is 40.4 Å². The van der Waals surface area contributed by atoms with Crippen molar-refractivity contribution >= 4 is 11.9 Å². The van der Waals surface area contributed by atoms with Gasteiger partial charge < -0.3 is 14.2 Å². The highest BCUT2D eigenvalue weighted by Crippen LogP contribution is 2.60. The molecule has 0 aromatic rings. The third-order valence-electron chi connectivity index (χ3n) is 5.31. The predicted octanol–water partition coefficient (Wildman–Crippen LogP) is 6.78. The Hall–Kier alpha value is -1.10. The molecular formula is C25H54O5. The van der Waals surface area contributed by atoms with Gasteiger partial charge in [0, 0.05) is 28.1 Å². The summed E-state index contributed by atoms with van der Waals surface area (Å²) in [6.07, 6.45) is 9.10. The Morgan fingerprint density at radius 3 is 0.900 bits per heavy atom. The summed E-state index contributed by atoms with van der Waals surface area (Å²) in [6, 6.07) is 0. The van der Waals surface area contributed by atoms with E-state index >= 15 is 0 Å².